The highest BCUT2D eigenvalue weighted by atomic mass is 35.5. The van der Waals surface area contributed by atoms with Gasteiger partial charge in [-0.2, -0.15) is 0 Å². The Labute approximate surface area is 183 Å². The molecule has 1 unspecified atom stereocenters. The van der Waals surface area contributed by atoms with Gasteiger partial charge in [0.15, 0.2) is 0 Å². The van der Waals surface area contributed by atoms with Crippen LogP contribution in [0.15, 0.2) is 24.3 Å². The lowest BCUT2D eigenvalue weighted by Crippen LogP contribution is -2.44. The number of hydrogen-bond donors (Lipinski definition) is 1. The van der Waals surface area contributed by atoms with Crippen LogP contribution in [0.4, 0.5) is 10.5 Å². The topological polar surface area (TPSA) is 79.0 Å². The number of urea groups is 1. The summed E-state index contributed by atoms with van der Waals surface area (Å²) in [4.78, 5) is 40.8. The minimum atomic E-state index is -0.259. The zero-order chi connectivity index (χ0) is 21.9. The minimum absolute atomic E-state index is 0.0407. The second kappa shape index (κ2) is 12.4. The van der Waals surface area contributed by atoms with Crippen LogP contribution in [0.1, 0.15) is 46.0 Å². The van der Waals surface area contributed by atoms with E-state index < -0.39 is 0 Å². The van der Waals surface area contributed by atoms with E-state index in [1.54, 1.807) is 41.0 Å². The maximum atomic E-state index is 12.7. The summed E-state index contributed by atoms with van der Waals surface area (Å²) in [5.74, 6) is -0.536. The molecular weight excluding hydrogens is 406 g/mol. The first-order chi connectivity index (χ1) is 14.4. The molecule has 0 aromatic heterocycles. The Balaban J connectivity index is 1.91. The summed E-state index contributed by atoms with van der Waals surface area (Å²) in [6, 6.07) is 6.73. The molecule has 1 N–H and O–H groups in total. The van der Waals surface area contributed by atoms with Crippen LogP contribution >= 0.6 is 11.6 Å². The summed E-state index contributed by atoms with van der Waals surface area (Å²) < 4.78 is 5.10. The van der Waals surface area contributed by atoms with Crippen LogP contribution in [-0.2, 0) is 14.3 Å². The molecule has 1 saturated heterocycles. The number of rotatable bonds is 9. The molecule has 0 radical (unpaired) electrons. The van der Waals surface area contributed by atoms with Crippen molar-refractivity contribution in [2.45, 2.75) is 46.0 Å². The maximum Gasteiger partial charge on any atom is 0.321 e. The largest absolute Gasteiger partial charge is 0.466 e. The molecule has 1 aromatic rings. The van der Waals surface area contributed by atoms with Crippen molar-refractivity contribution < 1.29 is 19.1 Å². The van der Waals surface area contributed by atoms with E-state index in [4.69, 9.17) is 16.3 Å². The number of unbranched alkanes of at least 4 members (excludes halogenated alkanes) is 1. The van der Waals surface area contributed by atoms with Gasteiger partial charge in [0.25, 0.3) is 0 Å². The summed E-state index contributed by atoms with van der Waals surface area (Å²) >= 11 is 5.99. The summed E-state index contributed by atoms with van der Waals surface area (Å²) in [5.41, 5.74) is 0.619. The summed E-state index contributed by atoms with van der Waals surface area (Å²) in [6.07, 6.45) is 3.55. The second-order valence-corrected chi connectivity index (χ2v) is 7.90. The average molecular weight is 438 g/mol. The smallest absolute Gasteiger partial charge is 0.321 e. The fourth-order valence-corrected chi connectivity index (χ4v) is 3.67. The Morgan fingerprint density at radius 2 is 2.07 bits per heavy atom. The predicted octanol–water partition coefficient (Wildman–Crippen LogP) is 4.17. The number of halogens is 1. The van der Waals surface area contributed by atoms with Crippen molar-refractivity contribution >= 4 is 35.2 Å². The molecule has 1 aromatic carbocycles. The Hall–Kier alpha value is -2.28. The van der Waals surface area contributed by atoms with Gasteiger partial charge in [0.1, 0.15) is 0 Å². The average Bonchev–Trinajstić information content (AvgIpc) is 2.73. The van der Waals surface area contributed by atoms with E-state index in [0.29, 0.717) is 43.5 Å². The van der Waals surface area contributed by atoms with Crippen LogP contribution in [0, 0.1) is 5.92 Å². The van der Waals surface area contributed by atoms with Gasteiger partial charge < -0.3 is 19.9 Å². The van der Waals surface area contributed by atoms with Crippen LogP contribution < -0.4 is 5.32 Å². The number of piperidine rings is 1. The number of nitrogens with zero attached hydrogens (tertiary/aromatic N) is 2. The molecule has 0 bridgehead atoms. The third-order valence-electron chi connectivity index (χ3n) is 5.13. The molecule has 2 rings (SSSR count). The Morgan fingerprint density at radius 1 is 1.27 bits per heavy atom. The lowest BCUT2D eigenvalue weighted by atomic mass is 9.98. The SMILES string of the molecule is CCCCN(CCC(=O)N1CCCC(C(=O)OCC)C1)C(=O)Nc1cccc(Cl)c1. The van der Waals surface area contributed by atoms with Crippen molar-refractivity contribution in [3.05, 3.63) is 29.3 Å². The lowest BCUT2D eigenvalue weighted by Gasteiger charge is -2.32. The van der Waals surface area contributed by atoms with Crippen LogP contribution in [0.2, 0.25) is 5.02 Å². The number of anilines is 1. The number of ether oxygens (including phenoxy) is 1. The molecule has 166 valence electrons. The lowest BCUT2D eigenvalue weighted by molar-refractivity contribution is -0.151. The van der Waals surface area contributed by atoms with E-state index in [9.17, 15) is 14.4 Å². The molecule has 0 saturated carbocycles. The third-order valence-corrected chi connectivity index (χ3v) is 5.37. The van der Waals surface area contributed by atoms with Gasteiger partial charge in [0, 0.05) is 43.3 Å². The molecule has 0 spiro atoms. The number of nitrogens with one attached hydrogen (secondary N) is 1. The van der Waals surface area contributed by atoms with Crippen LogP contribution in [0.25, 0.3) is 0 Å². The van der Waals surface area contributed by atoms with Crippen LogP contribution in [-0.4, -0.2) is 60.5 Å². The second-order valence-electron chi connectivity index (χ2n) is 7.46. The number of benzene rings is 1. The van der Waals surface area contributed by atoms with Gasteiger partial charge in [-0.3, -0.25) is 9.59 Å². The Bertz CT molecular complexity index is 728. The summed E-state index contributed by atoms with van der Waals surface area (Å²) in [7, 11) is 0. The van der Waals surface area contributed by atoms with Crippen molar-refractivity contribution in [3.8, 4) is 0 Å². The fraction of sp³-hybridized carbons (Fsp3) is 0.591. The number of carbonyl (C=O) groups is 3. The number of hydrogen-bond acceptors (Lipinski definition) is 4. The van der Waals surface area contributed by atoms with Crippen molar-refractivity contribution in [1.29, 1.82) is 0 Å². The van der Waals surface area contributed by atoms with Crippen molar-refractivity contribution in [2.75, 3.05) is 38.1 Å². The summed E-state index contributed by atoms with van der Waals surface area (Å²) in [5, 5.41) is 3.39. The zero-order valence-corrected chi connectivity index (χ0v) is 18.6. The van der Waals surface area contributed by atoms with Crippen LogP contribution in [0.5, 0.6) is 0 Å². The zero-order valence-electron chi connectivity index (χ0n) is 17.9. The monoisotopic (exact) mass is 437 g/mol. The van der Waals surface area contributed by atoms with Gasteiger partial charge in [0.05, 0.1) is 12.5 Å². The highest BCUT2D eigenvalue weighted by Gasteiger charge is 2.29. The van der Waals surface area contributed by atoms with E-state index in [1.165, 1.54) is 0 Å². The Kier molecular flexibility index (Phi) is 9.94. The van der Waals surface area contributed by atoms with Crippen molar-refractivity contribution in [1.82, 2.24) is 9.80 Å². The van der Waals surface area contributed by atoms with Gasteiger partial charge in [-0.05, 0) is 44.4 Å². The molecule has 3 amide bonds. The number of amides is 3. The van der Waals surface area contributed by atoms with E-state index in [1.807, 2.05) is 0 Å². The molecule has 7 nitrogen and oxygen atoms in total. The van der Waals surface area contributed by atoms with Gasteiger partial charge in [-0.15, -0.1) is 0 Å². The molecular formula is C22H32ClN3O4. The van der Waals surface area contributed by atoms with Crippen LogP contribution in [0.3, 0.4) is 0 Å². The fourth-order valence-electron chi connectivity index (χ4n) is 3.48. The molecule has 1 aliphatic rings. The maximum absolute atomic E-state index is 12.7. The van der Waals surface area contributed by atoms with E-state index in [-0.39, 0.29) is 30.2 Å². The molecule has 1 atom stereocenters. The first kappa shape index (κ1) is 24.0. The van der Waals surface area contributed by atoms with Gasteiger partial charge >= 0.3 is 12.0 Å². The standard InChI is InChI=1S/C22H32ClN3O4/c1-3-5-12-25(22(29)24-19-10-6-9-18(23)15-19)14-11-20(27)26-13-7-8-17(16-26)21(28)30-4-2/h6,9-10,15,17H,3-5,7-8,11-14,16H2,1-2H3,(H,24,29). The first-order valence-electron chi connectivity index (χ1n) is 10.7. The predicted molar refractivity (Wildman–Crippen MR) is 118 cm³/mol. The number of esters is 1. The molecule has 1 fully saturated rings. The highest BCUT2D eigenvalue weighted by molar-refractivity contribution is 6.30. The molecule has 8 heteroatoms. The van der Waals surface area contributed by atoms with Crippen molar-refractivity contribution in [2.24, 2.45) is 5.92 Å². The number of carbonyl (C=O) groups excluding carboxylic acids is 3. The molecule has 1 heterocycles. The van der Waals surface area contributed by atoms with E-state index >= 15 is 0 Å². The molecule has 1 aliphatic heterocycles. The van der Waals surface area contributed by atoms with Crippen molar-refractivity contribution in [3.63, 3.8) is 0 Å². The van der Waals surface area contributed by atoms with Gasteiger partial charge in [-0.1, -0.05) is 31.0 Å². The first-order valence-corrected chi connectivity index (χ1v) is 11.1. The third kappa shape index (κ3) is 7.52. The van der Waals surface area contributed by atoms with E-state index in [2.05, 4.69) is 12.2 Å². The molecule has 0 aliphatic carbocycles. The van der Waals surface area contributed by atoms with E-state index in [0.717, 1.165) is 25.7 Å². The van der Waals surface area contributed by atoms with Gasteiger partial charge in [-0.25, -0.2) is 4.79 Å². The highest BCUT2D eigenvalue weighted by Crippen LogP contribution is 2.19. The minimum Gasteiger partial charge on any atom is -0.466 e. The number of likely N-dealkylation sites (tertiary alicyclic amines) is 1. The van der Waals surface area contributed by atoms with Gasteiger partial charge in [0.2, 0.25) is 5.91 Å². The summed E-state index contributed by atoms with van der Waals surface area (Å²) in [6.45, 7) is 6.11. The Morgan fingerprint density at radius 3 is 2.77 bits per heavy atom. The molecule has 30 heavy (non-hydrogen) atoms. The normalized spacial score (nSPS) is 16.1. The quantitative estimate of drug-likeness (QED) is 0.588.